The third-order valence-electron chi connectivity index (χ3n) is 8.81. The van der Waals surface area contributed by atoms with Crippen LogP contribution >= 0.6 is 0 Å². The van der Waals surface area contributed by atoms with E-state index in [1.54, 1.807) is 35.3 Å². The Labute approximate surface area is 264 Å². The Kier molecular flexibility index (Phi) is 7.64. The molecule has 1 unspecified atom stereocenters. The summed E-state index contributed by atoms with van der Waals surface area (Å²) in [4.78, 5) is 66.4. The summed E-state index contributed by atoms with van der Waals surface area (Å²) in [6.07, 6.45) is 9.39. The van der Waals surface area contributed by atoms with Crippen LogP contribution in [0.4, 0.5) is 5.69 Å². The summed E-state index contributed by atoms with van der Waals surface area (Å²) in [5, 5.41) is 14.4. The second-order valence-electron chi connectivity index (χ2n) is 11.8. The van der Waals surface area contributed by atoms with E-state index in [4.69, 9.17) is 0 Å². The summed E-state index contributed by atoms with van der Waals surface area (Å²) in [6.45, 7) is 1.64. The van der Waals surface area contributed by atoms with Gasteiger partial charge < -0.3 is 10.2 Å². The van der Waals surface area contributed by atoms with Crippen molar-refractivity contribution in [3.05, 3.63) is 95.6 Å². The number of carbonyl (C=O) groups is 5. The van der Waals surface area contributed by atoms with Crippen molar-refractivity contribution in [3.63, 3.8) is 0 Å². The van der Waals surface area contributed by atoms with E-state index in [1.165, 1.54) is 0 Å². The van der Waals surface area contributed by atoms with Crippen LogP contribution < -0.4 is 10.6 Å². The molecule has 13 nitrogen and oxygen atoms in total. The van der Waals surface area contributed by atoms with Gasteiger partial charge in [0.1, 0.15) is 6.04 Å². The number of likely N-dealkylation sites (tertiary alicyclic amines) is 1. The van der Waals surface area contributed by atoms with Crippen molar-refractivity contribution in [1.29, 1.82) is 0 Å². The van der Waals surface area contributed by atoms with Crippen molar-refractivity contribution in [1.82, 2.24) is 34.7 Å². The number of nitrogens with zero attached hydrogens (tertiary/aromatic N) is 6. The van der Waals surface area contributed by atoms with E-state index in [9.17, 15) is 24.0 Å². The highest BCUT2D eigenvalue weighted by Crippen LogP contribution is 2.33. The third kappa shape index (κ3) is 5.55. The number of rotatable bonds is 8. The maximum absolute atomic E-state index is 13.4. The molecule has 5 heterocycles. The van der Waals surface area contributed by atoms with E-state index in [2.05, 4.69) is 20.8 Å². The van der Waals surface area contributed by atoms with Crippen molar-refractivity contribution in [2.24, 2.45) is 0 Å². The van der Waals surface area contributed by atoms with Crippen LogP contribution in [0, 0.1) is 0 Å². The molecule has 3 aliphatic heterocycles. The molecule has 0 radical (unpaired) electrons. The second-order valence-corrected chi connectivity index (χ2v) is 11.8. The van der Waals surface area contributed by atoms with Crippen molar-refractivity contribution in [2.45, 2.75) is 50.7 Å². The Hall–Kier alpha value is -5.59. The number of hydrogen-bond donors (Lipinski definition) is 2. The van der Waals surface area contributed by atoms with Gasteiger partial charge in [-0.15, -0.1) is 0 Å². The van der Waals surface area contributed by atoms with Crippen LogP contribution in [0.3, 0.4) is 0 Å². The fraction of sp³-hybridized carbons (Fsp3) is 0.303. The molecule has 5 amide bonds. The zero-order valence-corrected chi connectivity index (χ0v) is 25.0. The largest absolute Gasteiger partial charge is 0.380 e. The highest BCUT2D eigenvalue weighted by Gasteiger charge is 2.45. The van der Waals surface area contributed by atoms with E-state index >= 15 is 0 Å². The number of hydrogen-bond acceptors (Lipinski definition) is 8. The standard InChI is InChI=1S/C33H32N8O5/c42-28-10-9-27(31(44)37-28)41-32(45)25-7-4-8-26(30(25)33(41)46)34-16-22-18-36-40(20-22)24-11-13-38(14-12-24)29(43)15-21-17-35-39(19-21)23-5-2-1-3-6-23/h1-8,17-20,24,27,34H,9-16H2,(H,37,42,44). The van der Waals surface area contributed by atoms with Crippen LogP contribution in [0.15, 0.2) is 73.3 Å². The van der Waals surface area contributed by atoms with Gasteiger partial charge in [-0.05, 0) is 49.1 Å². The van der Waals surface area contributed by atoms with Crippen LogP contribution in [-0.2, 0) is 27.3 Å². The zero-order valence-electron chi connectivity index (χ0n) is 25.0. The van der Waals surface area contributed by atoms with E-state index < -0.39 is 29.7 Å². The van der Waals surface area contributed by atoms with E-state index in [1.807, 2.05) is 52.3 Å². The number of imide groups is 2. The summed E-state index contributed by atoms with van der Waals surface area (Å²) in [5.41, 5.74) is 3.64. The summed E-state index contributed by atoms with van der Waals surface area (Å²) < 4.78 is 3.70. The van der Waals surface area contributed by atoms with Gasteiger partial charge in [0, 0.05) is 49.7 Å². The molecular formula is C33H32N8O5. The quantitative estimate of drug-likeness (QED) is 0.285. The maximum atomic E-state index is 13.4. The predicted octanol–water partition coefficient (Wildman–Crippen LogP) is 2.49. The minimum absolute atomic E-state index is 0.0654. The van der Waals surface area contributed by atoms with Gasteiger partial charge >= 0.3 is 0 Å². The molecule has 13 heteroatoms. The Morgan fingerprint density at radius 1 is 0.870 bits per heavy atom. The Bertz CT molecular complexity index is 1840. The van der Waals surface area contributed by atoms with Crippen LogP contribution in [0.5, 0.6) is 0 Å². The first-order valence-corrected chi connectivity index (χ1v) is 15.3. The first-order chi connectivity index (χ1) is 22.4. The predicted molar refractivity (Wildman–Crippen MR) is 165 cm³/mol. The van der Waals surface area contributed by atoms with Gasteiger partial charge in [0.2, 0.25) is 17.7 Å². The van der Waals surface area contributed by atoms with Gasteiger partial charge in [-0.1, -0.05) is 24.3 Å². The maximum Gasteiger partial charge on any atom is 0.264 e. The minimum atomic E-state index is -1.02. The normalized spacial score (nSPS) is 18.6. The van der Waals surface area contributed by atoms with Crippen molar-refractivity contribution >= 4 is 35.2 Å². The Morgan fingerprint density at radius 3 is 2.43 bits per heavy atom. The van der Waals surface area contributed by atoms with E-state index in [-0.39, 0.29) is 35.9 Å². The number of aromatic nitrogens is 4. The van der Waals surface area contributed by atoms with Crippen LogP contribution in [0.25, 0.3) is 5.69 Å². The molecule has 2 aromatic heterocycles. The number of nitrogens with one attached hydrogen (secondary N) is 2. The molecule has 2 N–H and O–H groups in total. The second kappa shape index (κ2) is 12.1. The number of benzene rings is 2. The van der Waals surface area contributed by atoms with Crippen LogP contribution in [-0.4, -0.2) is 78.0 Å². The molecule has 0 bridgehead atoms. The highest BCUT2D eigenvalue weighted by atomic mass is 16.2. The fourth-order valence-electron chi connectivity index (χ4n) is 6.37. The molecule has 234 valence electrons. The van der Waals surface area contributed by atoms with Crippen molar-refractivity contribution in [3.8, 4) is 5.69 Å². The van der Waals surface area contributed by atoms with Crippen molar-refractivity contribution in [2.75, 3.05) is 18.4 Å². The fourth-order valence-corrected chi connectivity index (χ4v) is 6.37. The summed E-state index contributed by atoms with van der Waals surface area (Å²) in [5.74, 6) is -2.07. The van der Waals surface area contributed by atoms with Crippen LogP contribution in [0.2, 0.25) is 0 Å². The van der Waals surface area contributed by atoms with Gasteiger partial charge in [0.05, 0.1) is 41.7 Å². The van der Waals surface area contributed by atoms with E-state index in [0.29, 0.717) is 31.7 Å². The molecule has 4 aromatic rings. The third-order valence-corrected chi connectivity index (χ3v) is 8.81. The summed E-state index contributed by atoms with van der Waals surface area (Å²) in [6, 6.07) is 13.9. The van der Waals surface area contributed by atoms with Crippen molar-refractivity contribution < 1.29 is 24.0 Å². The van der Waals surface area contributed by atoms with Gasteiger partial charge in [0.25, 0.3) is 11.8 Å². The smallest absolute Gasteiger partial charge is 0.264 e. The molecule has 7 rings (SSSR count). The monoisotopic (exact) mass is 620 g/mol. The number of amides is 5. The average molecular weight is 621 g/mol. The zero-order chi connectivity index (χ0) is 31.8. The molecule has 3 aliphatic rings. The molecule has 0 saturated carbocycles. The lowest BCUT2D eigenvalue weighted by Gasteiger charge is -2.32. The molecule has 2 fully saturated rings. The lowest BCUT2D eigenvalue weighted by Crippen LogP contribution is -2.54. The molecule has 0 spiro atoms. The number of fused-ring (bicyclic) bond motifs is 1. The topological polar surface area (TPSA) is 152 Å². The molecule has 2 saturated heterocycles. The summed E-state index contributed by atoms with van der Waals surface area (Å²) in [7, 11) is 0. The van der Waals surface area contributed by atoms with E-state index in [0.717, 1.165) is 34.6 Å². The van der Waals surface area contributed by atoms with Crippen LogP contribution in [0.1, 0.15) is 63.6 Å². The average Bonchev–Trinajstić information content (AvgIpc) is 3.80. The molecule has 1 atom stereocenters. The number of para-hydroxylation sites is 1. The Morgan fingerprint density at radius 2 is 1.65 bits per heavy atom. The van der Waals surface area contributed by atoms with Gasteiger partial charge in [-0.3, -0.25) is 38.9 Å². The molecule has 2 aromatic carbocycles. The number of piperidine rings is 2. The minimum Gasteiger partial charge on any atom is -0.380 e. The van der Waals surface area contributed by atoms with Gasteiger partial charge in [0.15, 0.2) is 0 Å². The van der Waals surface area contributed by atoms with Gasteiger partial charge in [-0.2, -0.15) is 10.2 Å². The first-order valence-electron chi connectivity index (χ1n) is 15.3. The highest BCUT2D eigenvalue weighted by molar-refractivity contribution is 6.25. The lowest BCUT2D eigenvalue weighted by atomic mass is 10.0. The SMILES string of the molecule is O=C1CCC(N2C(=O)c3cccc(NCc4cnn(C5CCN(C(=O)Cc6cnn(-c7ccccc7)c6)CC5)c4)c3C2=O)C(=O)N1. The Balaban J connectivity index is 0.937. The summed E-state index contributed by atoms with van der Waals surface area (Å²) >= 11 is 0. The lowest BCUT2D eigenvalue weighted by molar-refractivity contribution is -0.136. The number of anilines is 1. The number of carbonyl (C=O) groups excluding carboxylic acids is 5. The first kappa shape index (κ1) is 29.1. The molecule has 46 heavy (non-hydrogen) atoms. The molecule has 0 aliphatic carbocycles. The van der Waals surface area contributed by atoms with Gasteiger partial charge in [-0.25, -0.2) is 4.68 Å². The molecular weight excluding hydrogens is 588 g/mol.